The predicted molar refractivity (Wildman–Crippen MR) is 89.2 cm³/mol. The molecule has 3 rings (SSSR count). The largest absolute Gasteiger partial charge is 0.431 e. The Hall–Kier alpha value is -2.49. The van der Waals surface area contributed by atoms with Gasteiger partial charge in [-0.05, 0) is 29.8 Å². The Morgan fingerprint density at radius 3 is 2.33 bits per heavy atom. The van der Waals surface area contributed by atoms with Crippen LogP contribution in [0.15, 0.2) is 52.5 Å². The van der Waals surface area contributed by atoms with Gasteiger partial charge in [-0.1, -0.05) is 18.2 Å². The summed E-state index contributed by atoms with van der Waals surface area (Å²) in [7, 11) is -3.77. The van der Waals surface area contributed by atoms with E-state index in [-0.39, 0.29) is 16.1 Å². The van der Waals surface area contributed by atoms with E-state index in [1.165, 1.54) is 24.3 Å². The van der Waals surface area contributed by atoms with E-state index in [9.17, 15) is 30.4 Å². The summed E-state index contributed by atoms with van der Waals surface area (Å²) >= 11 is 0. The lowest BCUT2D eigenvalue weighted by Gasteiger charge is -2.25. The number of hydrazone groups is 1. The zero-order valence-corrected chi connectivity index (χ0v) is 14.7. The molecular formula is C17H13F5N2O2S. The van der Waals surface area contributed by atoms with Gasteiger partial charge in [-0.3, -0.25) is 5.01 Å². The Morgan fingerprint density at radius 2 is 1.74 bits per heavy atom. The maximum absolute atomic E-state index is 13.6. The summed E-state index contributed by atoms with van der Waals surface area (Å²) in [6.07, 6.45) is -4.46. The van der Waals surface area contributed by atoms with E-state index in [1.54, 1.807) is 0 Å². The van der Waals surface area contributed by atoms with Gasteiger partial charge in [0.15, 0.2) is 21.5 Å². The number of para-hydroxylation sites is 1. The maximum Gasteiger partial charge on any atom is 0.431 e. The first-order chi connectivity index (χ1) is 12.5. The van der Waals surface area contributed by atoms with Crippen molar-refractivity contribution in [3.05, 3.63) is 59.7 Å². The minimum absolute atomic E-state index is 0.0419. The molecule has 0 N–H and O–H groups in total. The molecule has 0 saturated carbocycles. The molecule has 1 heterocycles. The average Bonchev–Trinajstić information content (AvgIpc) is 3.02. The van der Waals surface area contributed by atoms with E-state index in [0.717, 1.165) is 29.5 Å². The fourth-order valence-corrected chi connectivity index (χ4v) is 3.71. The van der Waals surface area contributed by atoms with E-state index >= 15 is 0 Å². The summed E-state index contributed by atoms with van der Waals surface area (Å²) in [4.78, 5) is -0.218. The minimum Gasteiger partial charge on any atom is -0.256 e. The highest BCUT2D eigenvalue weighted by Gasteiger charge is 2.44. The van der Waals surface area contributed by atoms with Crippen LogP contribution in [-0.2, 0) is 9.84 Å². The molecule has 0 aliphatic carbocycles. The van der Waals surface area contributed by atoms with E-state index in [4.69, 9.17) is 0 Å². The van der Waals surface area contributed by atoms with Gasteiger partial charge in [0.2, 0.25) is 0 Å². The van der Waals surface area contributed by atoms with Gasteiger partial charge in [-0.25, -0.2) is 17.2 Å². The second-order valence-electron chi connectivity index (χ2n) is 6.02. The highest BCUT2D eigenvalue weighted by molar-refractivity contribution is 7.90. The molecule has 10 heteroatoms. The van der Waals surface area contributed by atoms with Gasteiger partial charge in [-0.15, -0.1) is 0 Å². The van der Waals surface area contributed by atoms with Gasteiger partial charge in [0, 0.05) is 12.7 Å². The van der Waals surface area contributed by atoms with Gasteiger partial charge in [-0.2, -0.15) is 18.3 Å². The van der Waals surface area contributed by atoms with Crippen LogP contribution in [0.25, 0.3) is 0 Å². The molecule has 0 amide bonds. The van der Waals surface area contributed by atoms with Crippen LogP contribution >= 0.6 is 0 Å². The van der Waals surface area contributed by atoms with E-state index in [1.807, 2.05) is 0 Å². The zero-order valence-electron chi connectivity index (χ0n) is 13.8. The number of alkyl halides is 3. The number of rotatable bonds is 3. The Bertz CT molecular complexity index is 1020. The standard InChI is InChI=1S/C17H13F5N2O2S/c1-27(25,26)15-5-3-2-4-13(15)24-14(9-16(23-24)17(20,21)22)10-6-7-11(18)12(19)8-10/h2-8,14H,9H2,1H3. The summed E-state index contributed by atoms with van der Waals surface area (Å²) in [5.74, 6) is -2.36. The normalized spacial score (nSPS) is 17.9. The predicted octanol–water partition coefficient (Wildman–Crippen LogP) is 4.24. The lowest BCUT2D eigenvalue weighted by Crippen LogP contribution is -2.22. The number of hydrogen-bond donors (Lipinski definition) is 0. The van der Waals surface area contributed by atoms with Crippen LogP contribution in [0, 0.1) is 11.6 Å². The zero-order chi connectivity index (χ0) is 20.0. The topological polar surface area (TPSA) is 49.7 Å². The summed E-state index contributed by atoms with van der Waals surface area (Å²) in [5.41, 5.74) is -1.17. The third-order valence-corrected chi connectivity index (χ3v) is 5.22. The second-order valence-corrected chi connectivity index (χ2v) is 8.01. The summed E-state index contributed by atoms with van der Waals surface area (Å²) in [6, 6.07) is 7.03. The molecule has 1 aliphatic heterocycles. The first kappa shape index (κ1) is 19.3. The van der Waals surface area contributed by atoms with Crippen molar-refractivity contribution in [3.63, 3.8) is 0 Å². The first-order valence-electron chi connectivity index (χ1n) is 7.66. The molecule has 0 radical (unpaired) electrons. The molecule has 4 nitrogen and oxygen atoms in total. The molecule has 1 unspecified atom stereocenters. The first-order valence-corrected chi connectivity index (χ1v) is 9.55. The van der Waals surface area contributed by atoms with Gasteiger partial charge < -0.3 is 0 Å². The number of anilines is 1. The van der Waals surface area contributed by atoms with Crippen molar-refractivity contribution < 1.29 is 30.4 Å². The lowest BCUT2D eigenvalue weighted by atomic mass is 10.0. The van der Waals surface area contributed by atoms with Crippen LogP contribution < -0.4 is 5.01 Å². The highest BCUT2D eigenvalue weighted by Crippen LogP contribution is 2.41. The van der Waals surface area contributed by atoms with Crippen molar-refractivity contribution in [1.82, 2.24) is 0 Å². The summed E-state index contributed by atoms with van der Waals surface area (Å²) in [6.45, 7) is 0. The molecule has 1 atom stereocenters. The number of nitrogens with zero attached hydrogens (tertiary/aromatic N) is 2. The molecular weight excluding hydrogens is 391 g/mol. The quantitative estimate of drug-likeness (QED) is 0.720. The van der Waals surface area contributed by atoms with Gasteiger partial charge >= 0.3 is 6.18 Å². The average molecular weight is 404 g/mol. The van der Waals surface area contributed by atoms with Crippen molar-refractivity contribution in [2.45, 2.75) is 23.5 Å². The molecule has 1 aliphatic rings. The van der Waals surface area contributed by atoms with Crippen LogP contribution in [0.3, 0.4) is 0 Å². The van der Waals surface area contributed by atoms with Crippen molar-refractivity contribution in [3.8, 4) is 0 Å². The third kappa shape index (κ3) is 3.80. The Kier molecular flexibility index (Phi) is 4.71. The molecule has 0 aromatic heterocycles. The molecule has 0 bridgehead atoms. The Balaban J connectivity index is 2.17. The molecule has 0 saturated heterocycles. The van der Waals surface area contributed by atoms with Crippen LogP contribution in [0.2, 0.25) is 0 Å². The molecule has 2 aromatic rings. The van der Waals surface area contributed by atoms with Crippen LogP contribution in [0.1, 0.15) is 18.0 Å². The Morgan fingerprint density at radius 1 is 1.07 bits per heavy atom. The van der Waals surface area contributed by atoms with Gasteiger partial charge in [0.05, 0.1) is 16.6 Å². The summed E-state index contributed by atoms with van der Waals surface area (Å²) in [5, 5.41) is 4.45. The minimum atomic E-state index is -4.74. The molecule has 0 fully saturated rings. The van der Waals surface area contributed by atoms with E-state index in [2.05, 4.69) is 5.10 Å². The van der Waals surface area contributed by atoms with Crippen molar-refractivity contribution >= 4 is 21.2 Å². The monoisotopic (exact) mass is 404 g/mol. The smallest absolute Gasteiger partial charge is 0.256 e. The number of sulfone groups is 1. The number of hydrogen-bond acceptors (Lipinski definition) is 4. The molecule has 144 valence electrons. The third-order valence-electron chi connectivity index (χ3n) is 4.08. The molecule has 2 aromatic carbocycles. The number of halogens is 5. The van der Waals surface area contributed by atoms with E-state index < -0.39 is 45.8 Å². The Labute approximate surface area is 151 Å². The molecule has 0 spiro atoms. The van der Waals surface area contributed by atoms with Crippen molar-refractivity contribution in [2.24, 2.45) is 5.10 Å². The lowest BCUT2D eigenvalue weighted by molar-refractivity contribution is -0.0600. The fraction of sp³-hybridized carbons (Fsp3) is 0.235. The van der Waals surface area contributed by atoms with Crippen LogP contribution in [0.5, 0.6) is 0 Å². The van der Waals surface area contributed by atoms with Gasteiger partial charge in [0.25, 0.3) is 0 Å². The fourth-order valence-electron chi connectivity index (χ4n) is 2.84. The van der Waals surface area contributed by atoms with Crippen molar-refractivity contribution in [2.75, 3.05) is 11.3 Å². The van der Waals surface area contributed by atoms with Crippen LogP contribution in [-0.4, -0.2) is 26.6 Å². The maximum atomic E-state index is 13.6. The van der Waals surface area contributed by atoms with Gasteiger partial charge in [0.1, 0.15) is 5.71 Å². The summed E-state index contributed by atoms with van der Waals surface area (Å²) < 4.78 is 90.5. The second kappa shape index (κ2) is 6.59. The highest BCUT2D eigenvalue weighted by atomic mass is 32.2. The van der Waals surface area contributed by atoms with Crippen LogP contribution in [0.4, 0.5) is 27.6 Å². The van der Waals surface area contributed by atoms with Crippen molar-refractivity contribution in [1.29, 1.82) is 0 Å². The van der Waals surface area contributed by atoms with E-state index in [0.29, 0.717) is 0 Å². The number of benzene rings is 2. The SMILES string of the molecule is CS(=O)(=O)c1ccccc1N1N=C(C(F)(F)F)CC1c1ccc(F)c(F)c1. The molecule has 27 heavy (non-hydrogen) atoms.